The van der Waals surface area contributed by atoms with Crippen LogP contribution >= 0.6 is 11.8 Å². The Kier molecular flexibility index (Phi) is 2.19. The van der Waals surface area contributed by atoms with Crippen LogP contribution in [-0.2, 0) is 4.74 Å². The van der Waals surface area contributed by atoms with Crippen LogP contribution in [0.1, 0.15) is 12.8 Å². The predicted molar refractivity (Wildman–Crippen MR) is 43.0 cm³/mol. The predicted octanol–water partition coefficient (Wildman–Crippen LogP) is 1.61. The lowest BCUT2D eigenvalue weighted by Crippen LogP contribution is -2.34. The summed E-state index contributed by atoms with van der Waals surface area (Å²) >= 11 is 2.06. The summed E-state index contributed by atoms with van der Waals surface area (Å²) in [6.45, 7) is 0.770. The molecule has 2 aliphatic rings. The van der Waals surface area contributed by atoms with Gasteiger partial charge in [0.15, 0.2) is 0 Å². The third-order valence-corrected chi connectivity index (χ3v) is 3.40. The quantitative estimate of drug-likeness (QED) is 0.527. The van der Waals surface area contributed by atoms with Crippen molar-refractivity contribution in [1.82, 2.24) is 0 Å². The molecule has 2 radical (unpaired) electrons. The van der Waals surface area contributed by atoms with Crippen LogP contribution < -0.4 is 0 Å². The molecule has 2 fully saturated rings. The van der Waals surface area contributed by atoms with E-state index in [1.807, 2.05) is 0 Å². The smallest absolute Gasteiger partial charge is 0.0619 e. The highest BCUT2D eigenvalue weighted by molar-refractivity contribution is 7.99. The van der Waals surface area contributed by atoms with E-state index in [1.54, 1.807) is 0 Å². The number of fused-ring (bicyclic) bond motifs is 1. The molecule has 2 atom stereocenters. The van der Waals surface area contributed by atoms with E-state index < -0.39 is 0 Å². The molecule has 0 aromatic heterocycles. The summed E-state index contributed by atoms with van der Waals surface area (Å²) in [7, 11) is 0. The fraction of sp³-hybridized carbons (Fsp3) is 0.875. The lowest BCUT2D eigenvalue weighted by Gasteiger charge is -2.34. The fourth-order valence-electron chi connectivity index (χ4n) is 1.60. The summed E-state index contributed by atoms with van der Waals surface area (Å²) in [5, 5.41) is 0. The highest BCUT2D eigenvalue weighted by Crippen LogP contribution is 2.31. The van der Waals surface area contributed by atoms with Crippen molar-refractivity contribution in [2.75, 3.05) is 18.1 Å². The van der Waals surface area contributed by atoms with Gasteiger partial charge in [-0.1, -0.05) is 0 Å². The second-order valence-electron chi connectivity index (χ2n) is 2.93. The van der Waals surface area contributed by atoms with Crippen LogP contribution in [0.3, 0.4) is 0 Å². The molecule has 10 heavy (non-hydrogen) atoms. The number of hydrogen-bond donors (Lipinski definition) is 0. The lowest BCUT2D eigenvalue weighted by atomic mass is 9.94. The molecular weight excluding hydrogens is 144 g/mol. The van der Waals surface area contributed by atoms with Crippen LogP contribution in [0.15, 0.2) is 0 Å². The first kappa shape index (κ1) is 6.99. The first-order valence-corrected chi connectivity index (χ1v) is 5.02. The molecule has 0 aliphatic carbocycles. The van der Waals surface area contributed by atoms with Gasteiger partial charge in [0.1, 0.15) is 0 Å². The molecule has 0 aromatic rings. The average Bonchev–Trinajstić information content (AvgIpc) is 2.05. The summed E-state index contributed by atoms with van der Waals surface area (Å²) < 4.78 is 5.56. The number of thioether (sulfide) groups is 1. The second-order valence-corrected chi connectivity index (χ2v) is 4.08. The number of ether oxygens (including phenoxy) is 1. The van der Waals surface area contributed by atoms with Crippen LogP contribution in [0.25, 0.3) is 0 Å². The van der Waals surface area contributed by atoms with E-state index in [4.69, 9.17) is 4.74 Å². The summed E-state index contributed by atoms with van der Waals surface area (Å²) in [5.41, 5.74) is 0. The van der Waals surface area contributed by atoms with E-state index in [9.17, 15) is 0 Å². The summed E-state index contributed by atoms with van der Waals surface area (Å²) in [6, 6.07) is 0. The third-order valence-electron chi connectivity index (χ3n) is 2.21. The van der Waals surface area contributed by atoms with Gasteiger partial charge in [-0.15, -0.1) is 0 Å². The normalized spacial score (nSPS) is 40.8. The molecule has 1 nitrogen and oxygen atoms in total. The Bertz CT molecular complexity index is 89.8. The molecular formula is C8H12OS. The van der Waals surface area contributed by atoms with E-state index in [1.165, 1.54) is 17.9 Å². The van der Waals surface area contributed by atoms with Crippen LogP contribution in [0.2, 0.25) is 0 Å². The zero-order valence-corrected chi connectivity index (χ0v) is 6.82. The van der Waals surface area contributed by atoms with Crippen LogP contribution in [0.5, 0.6) is 0 Å². The Balaban J connectivity index is 1.93. The molecule has 2 heterocycles. The van der Waals surface area contributed by atoms with Gasteiger partial charge in [0.25, 0.3) is 0 Å². The van der Waals surface area contributed by atoms with E-state index in [0.29, 0.717) is 6.10 Å². The molecule has 0 bridgehead atoms. The van der Waals surface area contributed by atoms with Crippen LogP contribution in [-0.4, -0.2) is 24.2 Å². The zero-order chi connectivity index (χ0) is 6.81. The van der Waals surface area contributed by atoms with Crippen LogP contribution in [0.4, 0.5) is 0 Å². The molecule has 2 saturated heterocycles. The van der Waals surface area contributed by atoms with E-state index in [2.05, 4.69) is 18.2 Å². The van der Waals surface area contributed by atoms with Gasteiger partial charge in [-0.25, -0.2) is 0 Å². The van der Waals surface area contributed by atoms with Crippen molar-refractivity contribution >= 4 is 11.8 Å². The van der Waals surface area contributed by atoms with Gasteiger partial charge in [0.2, 0.25) is 0 Å². The molecule has 0 amide bonds. The van der Waals surface area contributed by atoms with Gasteiger partial charge in [-0.3, -0.25) is 0 Å². The summed E-state index contributed by atoms with van der Waals surface area (Å²) in [5.74, 6) is 3.37. The van der Waals surface area contributed by atoms with Gasteiger partial charge in [-0.05, 0) is 30.3 Å². The molecule has 2 rings (SSSR count). The SMILES string of the molecule is [C]1COC2CCSCC2C1. The molecule has 0 aromatic carbocycles. The van der Waals surface area contributed by atoms with Crippen molar-refractivity contribution < 1.29 is 4.74 Å². The van der Waals surface area contributed by atoms with Crippen molar-refractivity contribution in [1.29, 1.82) is 0 Å². The Morgan fingerprint density at radius 3 is 3.40 bits per heavy atom. The number of rotatable bonds is 0. The number of hydrogen-bond acceptors (Lipinski definition) is 2. The molecule has 2 unspecified atom stereocenters. The van der Waals surface area contributed by atoms with Crippen molar-refractivity contribution in [2.45, 2.75) is 18.9 Å². The zero-order valence-electron chi connectivity index (χ0n) is 6.01. The fourth-order valence-corrected chi connectivity index (χ4v) is 2.80. The van der Waals surface area contributed by atoms with Gasteiger partial charge in [0.05, 0.1) is 12.7 Å². The highest BCUT2D eigenvalue weighted by atomic mass is 32.2. The van der Waals surface area contributed by atoms with Crippen molar-refractivity contribution in [3.05, 3.63) is 6.42 Å². The maximum Gasteiger partial charge on any atom is 0.0619 e. The van der Waals surface area contributed by atoms with E-state index in [-0.39, 0.29) is 0 Å². The Labute approximate surface area is 66.5 Å². The molecule has 0 spiro atoms. The minimum absolute atomic E-state index is 0.572. The minimum Gasteiger partial charge on any atom is -0.377 e. The largest absolute Gasteiger partial charge is 0.377 e. The van der Waals surface area contributed by atoms with E-state index >= 15 is 0 Å². The molecule has 0 saturated carbocycles. The Hall–Kier alpha value is 0.310. The third kappa shape index (κ3) is 1.32. The topological polar surface area (TPSA) is 9.23 Å². The average molecular weight is 156 g/mol. The van der Waals surface area contributed by atoms with Gasteiger partial charge >= 0.3 is 0 Å². The molecule has 2 heteroatoms. The van der Waals surface area contributed by atoms with Crippen molar-refractivity contribution in [3.63, 3.8) is 0 Å². The van der Waals surface area contributed by atoms with Crippen molar-refractivity contribution in [3.8, 4) is 0 Å². The minimum atomic E-state index is 0.572. The van der Waals surface area contributed by atoms with Gasteiger partial charge < -0.3 is 4.74 Å². The monoisotopic (exact) mass is 156 g/mol. The summed E-state index contributed by atoms with van der Waals surface area (Å²) in [6.07, 6.45) is 6.25. The maximum absolute atomic E-state index is 5.56. The van der Waals surface area contributed by atoms with E-state index in [0.717, 1.165) is 18.9 Å². The Morgan fingerprint density at radius 1 is 1.50 bits per heavy atom. The molecule has 0 N–H and O–H groups in total. The first-order chi connectivity index (χ1) is 4.97. The first-order valence-electron chi connectivity index (χ1n) is 3.87. The highest BCUT2D eigenvalue weighted by Gasteiger charge is 2.28. The van der Waals surface area contributed by atoms with Gasteiger partial charge in [-0.2, -0.15) is 11.8 Å². The van der Waals surface area contributed by atoms with Gasteiger partial charge in [0, 0.05) is 6.42 Å². The lowest BCUT2D eigenvalue weighted by molar-refractivity contribution is 0.00162. The standard InChI is InChI=1S/C8H12OS/c1-2-7-6-10-5-3-8(7)9-4-1/h7-8H,2-6H2. The van der Waals surface area contributed by atoms with Crippen molar-refractivity contribution in [2.24, 2.45) is 5.92 Å². The molecule has 56 valence electrons. The van der Waals surface area contributed by atoms with Crippen LogP contribution in [0, 0.1) is 12.3 Å². The molecule has 2 aliphatic heterocycles. The Morgan fingerprint density at radius 2 is 2.50 bits per heavy atom. The summed E-state index contributed by atoms with van der Waals surface area (Å²) in [4.78, 5) is 0. The maximum atomic E-state index is 5.56. The second kappa shape index (κ2) is 3.14.